The van der Waals surface area contributed by atoms with Gasteiger partial charge in [-0.3, -0.25) is 9.55 Å². The third kappa shape index (κ3) is 3.83. The third-order valence-corrected chi connectivity index (χ3v) is 5.68. The molecule has 3 aromatic rings. The van der Waals surface area contributed by atoms with Crippen LogP contribution in [0.2, 0.25) is 0 Å². The summed E-state index contributed by atoms with van der Waals surface area (Å²) in [7, 11) is 0. The maximum Gasteiger partial charge on any atom is 0.326 e. The van der Waals surface area contributed by atoms with E-state index in [1.165, 1.54) is 0 Å². The molecule has 29 heavy (non-hydrogen) atoms. The minimum atomic E-state index is -0.724. The Balaban J connectivity index is 1.53. The molecule has 3 heterocycles. The highest BCUT2D eigenvalue weighted by atomic mass is 16.3. The first-order chi connectivity index (χ1) is 14.1. The number of aromatic hydroxyl groups is 1. The van der Waals surface area contributed by atoms with E-state index in [1.54, 1.807) is 22.9 Å². The lowest BCUT2D eigenvalue weighted by Crippen LogP contribution is -2.42. The van der Waals surface area contributed by atoms with Crippen molar-refractivity contribution >= 4 is 11.0 Å². The van der Waals surface area contributed by atoms with E-state index in [0.29, 0.717) is 25.1 Å². The van der Waals surface area contributed by atoms with Crippen molar-refractivity contribution < 1.29 is 10.2 Å². The lowest BCUT2D eigenvalue weighted by molar-refractivity contribution is 0.117. The van der Waals surface area contributed by atoms with Gasteiger partial charge in [0.25, 0.3) is 0 Å². The Morgan fingerprint density at radius 1 is 1.38 bits per heavy atom. The number of nitrogens with zero attached hydrogens (tertiary/aromatic N) is 2. The van der Waals surface area contributed by atoms with Gasteiger partial charge in [-0.15, -0.1) is 6.58 Å². The number of hydrogen-bond acceptors (Lipinski definition) is 5. The molecule has 152 valence electrons. The summed E-state index contributed by atoms with van der Waals surface area (Å²) in [6.45, 7) is 4.39. The van der Waals surface area contributed by atoms with E-state index in [-0.39, 0.29) is 23.5 Å². The minimum Gasteiger partial charge on any atom is -0.506 e. The number of imidazole rings is 1. The fourth-order valence-corrected chi connectivity index (χ4v) is 4.22. The summed E-state index contributed by atoms with van der Waals surface area (Å²) in [5, 5.41) is 24.6. The lowest BCUT2D eigenvalue weighted by Gasteiger charge is -2.28. The van der Waals surface area contributed by atoms with Crippen molar-refractivity contribution in [3.63, 3.8) is 0 Å². The summed E-state index contributed by atoms with van der Waals surface area (Å²) in [4.78, 5) is 19.4. The fraction of sp³-hybridized carbons (Fsp3) is 0.364. The largest absolute Gasteiger partial charge is 0.506 e. The average Bonchev–Trinajstić information content (AvgIpc) is 2.96. The van der Waals surface area contributed by atoms with Crippen molar-refractivity contribution in [2.24, 2.45) is 0 Å². The van der Waals surface area contributed by atoms with Crippen molar-refractivity contribution in [1.82, 2.24) is 19.9 Å². The molecule has 4 N–H and O–H groups in total. The summed E-state index contributed by atoms with van der Waals surface area (Å²) >= 11 is 0. The van der Waals surface area contributed by atoms with Crippen LogP contribution < -0.4 is 11.0 Å². The van der Waals surface area contributed by atoms with E-state index in [2.05, 4.69) is 21.9 Å². The van der Waals surface area contributed by atoms with Crippen LogP contribution in [0.1, 0.15) is 36.6 Å². The SMILES string of the molecule is C=CCC(CCc1ncccc1O)N[C@@H]1CCn2c(=O)[nH]c3cccc(c32)[C@H]1O. The van der Waals surface area contributed by atoms with Crippen LogP contribution in [-0.2, 0) is 13.0 Å². The molecule has 4 rings (SSSR count). The predicted molar refractivity (Wildman–Crippen MR) is 112 cm³/mol. The lowest BCUT2D eigenvalue weighted by atomic mass is 9.97. The van der Waals surface area contributed by atoms with E-state index < -0.39 is 6.10 Å². The summed E-state index contributed by atoms with van der Waals surface area (Å²) in [6, 6.07) is 8.82. The van der Waals surface area contributed by atoms with Gasteiger partial charge in [0.15, 0.2) is 0 Å². The van der Waals surface area contributed by atoms with Gasteiger partial charge in [-0.1, -0.05) is 18.2 Å². The number of benzene rings is 1. The zero-order chi connectivity index (χ0) is 20.4. The number of pyridine rings is 1. The Morgan fingerprint density at radius 2 is 2.24 bits per heavy atom. The van der Waals surface area contributed by atoms with Crippen LogP contribution in [0.5, 0.6) is 5.75 Å². The van der Waals surface area contributed by atoms with Crippen LogP contribution in [0.25, 0.3) is 11.0 Å². The molecule has 0 saturated carbocycles. The molecular formula is C22H26N4O3. The first kappa shape index (κ1) is 19.4. The van der Waals surface area contributed by atoms with Crippen LogP contribution in [0.3, 0.4) is 0 Å². The smallest absolute Gasteiger partial charge is 0.326 e. The quantitative estimate of drug-likeness (QED) is 0.461. The molecular weight excluding hydrogens is 368 g/mol. The first-order valence-corrected chi connectivity index (χ1v) is 9.97. The van der Waals surface area contributed by atoms with Crippen LogP contribution in [0, 0.1) is 0 Å². The van der Waals surface area contributed by atoms with Crippen molar-refractivity contribution in [2.75, 3.05) is 0 Å². The Bertz CT molecular complexity index is 1070. The molecule has 1 aromatic carbocycles. The Labute approximate surface area is 168 Å². The number of aryl methyl sites for hydroxylation is 2. The van der Waals surface area contributed by atoms with Crippen LogP contribution in [0.4, 0.5) is 0 Å². The van der Waals surface area contributed by atoms with Gasteiger partial charge < -0.3 is 20.5 Å². The molecule has 0 saturated heterocycles. The van der Waals surface area contributed by atoms with Gasteiger partial charge in [0.05, 0.1) is 22.8 Å². The number of rotatable bonds is 7. The van der Waals surface area contributed by atoms with Gasteiger partial charge in [-0.2, -0.15) is 0 Å². The molecule has 7 nitrogen and oxygen atoms in total. The number of para-hydroxylation sites is 1. The normalized spacial score (nSPS) is 19.8. The molecule has 0 fully saturated rings. The van der Waals surface area contributed by atoms with Crippen LogP contribution >= 0.6 is 0 Å². The predicted octanol–water partition coefficient (Wildman–Crippen LogP) is 2.40. The van der Waals surface area contributed by atoms with E-state index in [4.69, 9.17) is 0 Å². The number of aromatic amines is 1. The van der Waals surface area contributed by atoms with Crippen LogP contribution in [-0.4, -0.2) is 36.8 Å². The second kappa shape index (κ2) is 8.23. The Kier molecular flexibility index (Phi) is 5.51. The fourth-order valence-electron chi connectivity index (χ4n) is 4.22. The van der Waals surface area contributed by atoms with E-state index in [1.807, 2.05) is 24.3 Å². The number of nitrogens with one attached hydrogen (secondary N) is 2. The van der Waals surface area contributed by atoms with Gasteiger partial charge in [0, 0.05) is 30.4 Å². The minimum absolute atomic E-state index is 0.0727. The van der Waals surface area contributed by atoms with E-state index in [9.17, 15) is 15.0 Å². The maximum absolute atomic E-state index is 12.3. The molecule has 0 bridgehead atoms. The maximum atomic E-state index is 12.3. The van der Waals surface area contributed by atoms with E-state index in [0.717, 1.165) is 29.4 Å². The van der Waals surface area contributed by atoms with Crippen molar-refractivity contribution in [3.05, 3.63) is 70.9 Å². The highest BCUT2D eigenvalue weighted by molar-refractivity contribution is 5.79. The van der Waals surface area contributed by atoms with Gasteiger partial charge in [0.2, 0.25) is 0 Å². The summed E-state index contributed by atoms with van der Waals surface area (Å²) in [5.74, 6) is 0.199. The zero-order valence-corrected chi connectivity index (χ0v) is 16.2. The Hall–Kier alpha value is -2.90. The molecule has 0 aliphatic carbocycles. The van der Waals surface area contributed by atoms with Crippen molar-refractivity contribution in [2.45, 2.75) is 50.4 Å². The van der Waals surface area contributed by atoms with E-state index >= 15 is 0 Å². The van der Waals surface area contributed by atoms with Gasteiger partial charge in [0.1, 0.15) is 5.75 Å². The molecule has 7 heteroatoms. The van der Waals surface area contributed by atoms with Gasteiger partial charge >= 0.3 is 5.69 Å². The molecule has 1 unspecified atom stereocenters. The second-order valence-corrected chi connectivity index (χ2v) is 7.56. The number of H-pyrrole nitrogens is 1. The number of aliphatic hydroxyl groups excluding tert-OH is 1. The second-order valence-electron chi connectivity index (χ2n) is 7.56. The summed E-state index contributed by atoms with van der Waals surface area (Å²) in [6.07, 6.45) is 5.53. The highest BCUT2D eigenvalue weighted by Gasteiger charge is 2.29. The highest BCUT2D eigenvalue weighted by Crippen LogP contribution is 2.30. The van der Waals surface area contributed by atoms with Crippen LogP contribution in [0.15, 0.2) is 54.0 Å². The standard InChI is InChI=1S/C22H26N4O3/c1-2-5-14(9-10-16-19(27)8-4-12-23-16)24-18-11-13-26-20-15(21(18)28)6-3-7-17(20)25-22(26)29/h2-4,6-8,12,14,18,21,24,27-28H,1,5,9-11,13H2,(H,25,29)/t14?,18-,21-/m1/s1. The van der Waals surface area contributed by atoms with Crippen molar-refractivity contribution in [3.8, 4) is 5.75 Å². The molecule has 0 amide bonds. The van der Waals surface area contributed by atoms with Crippen molar-refractivity contribution in [1.29, 1.82) is 0 Å². The third-order valence-electron chi connectivity index (χ3n) is 5.68. The summed E-state index contributed by atoms with van der Waals surface area (Å²) in [5.41, 5.74) is 2.81. The first-order valence-electron chi connectivity index (χ1n) is 9.97. The topological polar surface area (TPSA) is 103 Å². The number of aromatic nitrogens is 3. The van der Waals surface area contributed by atoms with Gasteiger partial charge in [-0.25, -0.2) is 4.79 Å². The molecule has 1 aliphatic heterocycles. The molecule has 3 atom stereocenters. The Morgan fingerprint density at radius 3 is 3.03 bits per heavy atom. The monoisotopic (exact) mass is 394 g/mol. The molecule has 2 aromatic heterocycles. The molecule has 0 radical (unpaired) electrons. The average molecular weight is 394 g/mol. The zero-order valence-electron chi connectivity index (χ0n) is 16.2. The van der Waals surface area contributed by atoms with Gasteiger partial charge in [-0.05, 0) is 43.9 Å². The molecule has 1 aliphatic rings. The molecule has 0 spiro atoms. The summed E-state index contributed by atoms with van der Waals surface area (Å²) < 4.78 is 1.71. The number of aliphatic hydroxyl groups is 1. The number of hydrogen-bond donors (Lipinski definition) is 4.